The molecule has 6 heteroatoms. The average molecular weight is 282 g/mol. The van der Waals surface area contributed by atoms with Crippen molar-refractivity contribution in [1.82, 2.24) is 0 Å². The van der Waals surface area contributed by atoms with E-state index in [2.05, 4.69) is 0 Å². The van der Waals surface area contributed by atoms with E-state index >= 15 is 0 Å². The second-order valence-electron chi connectivity index (χ2n) is 4.61. The summed E-state index contributed by atoms with van der Waals surface area (Å²) in [5.74, 6) is -0.0981. The number of anilines is 1. The monoisotopic (exact) mass is 282 g/mol. The third-order valence-corrected chi connectivity index (χ3v) is 5.08. The van der Waals surface area contributed by atoms with Crippen LogP contribution in [0.4, 0.5) is 5.69 Å². The highest BCUT2D eigenvalue weighted by molar-refractivity contribution is 7.84. The largest absolute Gasteiger partial charge is 0.398 e. The Bertz CT molecular complexity index is 499. The summed E-state index contributed by atoms with van der Waals surface area (Å²) in [5, 5.41) is 0.170. The van der Waals surface area contributed by atoms with Crippen molar-refractivity contribution in [3.8, 4) is 0 Å². The number of hydrogen-bond donors (Lipinski definition) is 2. The second kappa shape index (κ2) is 6.16. The smallest absolute Gasteiger partial charge is 0.248 e. The van der Waals surface area contributed by atoms with E-state index in [1.165, 1.54) is 0 Å². The Labute approximate surface area is 114 Å². The fourth-order valence-electron chi connectivity index (χ4n) is 2.09. The Balaban J connectivity index is 2.06. The third-order valence-electron chi connectivity index (χ3n) is 3.27. The number of nitrogens with two attached hydrogens (primary N) is 2. The first-order valence-corrected chi connectivity index (χ1v) is 7.59. The summed E-state index contributed by atoms with van der Waals surface area (Å²) >= 11 is 0. The van der Waals surface area contributed by atoms with Crippen molar-refractivity contribution in [3.05, 3.63) is 29.3 Å². The molecule has 1 heterocycles. The molecule has 1 aromatic carbocycles. The van der Waals surface area contributed by atoms with Crippen LogP contribution in [0.15, 0.2) is 18.2 Å². The molecule has 1 amide bonds. The zero-order valence-corrected chi connectivity index (χ0v) is 11.4. The standard InChI is InChI=1S/C13H18N2O3S/c14-12-7-9(13(15)16)1-2-10(12)8-19(17)11-3-5-18-6-4-11/h1-2,7,11H,3-6,8,14H2,(H2,15,16). The Morgan fingerprint density at radius 2 is 2.05 bits per heavy atom. The molecular formula is C13H18N2O3S. The molecule has 0 radical (unpaired) electrons. The van der Waals surface area contributed by atoms with Crippen molar-refractivity contribution in [2.24, 2.45) is 5.73 Å². The van der Waals surface area contributed by atoms with Gasteiger partial charge in [-0.15, -0.1) is 0 Å². The lowest BCUT2D eigenvalue weighted by Crippen LogP contribution is -2.25. The van der Waals surface area contributed by atoms with E-state index in [0.717, 1.165) is 18.4 Å². The Morgan fingerprint density at radius 3 is 2.63 bits per heavy atom. The Hall–Kier alpha value is -1.40. The maximum atomic E-state index is 12.2. The van der Waals surface area contributed by atoms with Gasteiger partial charge in [0.2, 0.25) is 5.91 Å². The van der Waals surface area contributed by atoms with Gasteiger partial charge in [-0.1, -0.05) is 6.07 Å². The van der Waals surface area contributed by atoms with Crippen molar-refractivity contribution in [3.63, 3.8) is 0 Å². The van der Waals surface area contributed by atoms with E-state index in [-0.39, 0.29) is 5.25 Å². The summed E-state index contributed by atoms with van der Waals surface area (Å²) < 4.78 is 17.5. The molecule has 1 fully saturated rings. The molecule has 0 saturated carbocycles. The molecule has 0 aliphatic carbocycles. The van der Waals surface area contributed by atoms with Crippen LogP contribution in [0.2, 0.25) is 0 Å². The van der Waals surface area contributed by atoms with Crippen LogP contribution in [0.5, 0.6) is 0 Å². The van der Waals surface area contributed by atoms with Gasteiger partial charge in [-0.05, 0) is 30.5 Å². The molecule has 2 rings (SSSR count). The molecular weight excluding hydrogens is 264 g/mol. The molecule has 1 aromatic rings. The third kappa shape index (κ3) is 3.54. The number of carbonyl (C=O) groups excluding carboxylic acids is 1. The molecule has 1 atom stereocenters. The van der Waals surface area contributed by atoms with Gasteiger partial charge < -0.3 is 16.2 Å². The van der Waals surface area contributed by atoms with Crippen LogP contribution in [0, 0.1) is 0 Å². The molecule has 1 unspecified atom stereocenters. The average Bonchev–Trinajstić information content (AvgIpc) is 2.41. The van der Waals surface area contributed by atoms with Crippen molar-refractivity contribution in [2.45, 2.75) is 23.8 Å². The quantitative estimate of drug-likeness (QED) is 0.798. The maximum absolute atomic E-state index is 12.2. The molecule has 0 bridgehead atoms. The summed E-state index contributed by atoms with van der Waals surface area (Å²) in [7, 11) is -0.961. The summed E-state index contributed by atoms with van der Waals surface area (Å²) in [6.07, 6.45) is 1.65. The van der Waals surface area contributed by atoms with Gasteiger partial charge >= 0.3 is 0 Å². The van der Waals surface area contributed by atoms with Gasteiger partial charge in [-0.25, -0.2) is 0 Å². The Morgan fingerprint density at radius 1 is 1.37 bits per heavy atom. The van der Waals surface area contributed by atoms with E-state index in [1.54, 1.807) is 18.2 Å². The van der Waals surface area contributed by atoms with E-state index in [0.29, 0.717) is 30.2 Å². The first kappa shape index (κ1) is 14.0. The number of amides is 1. The van der Waals surface area contributed by atoms with Crippen molar-refractivity contribution in [2.75, 3.05) is 18.9 Å². The molecule has 1 aliphatic rings. The molecule has 1 saturated heterocycles. The number of primary amides is 1. The molecule has 0 spiro atoms. The first-order chi connectivity index (χ1) is 9.08. The van der Waals surface area contributed by atoms with Crippen LogP contribution in [0.3, 0.4) is 0 Å². The summed E-state index contributed by atoms with van der Waals surface area (Å²) in [6, 6.07) is 4.89. The van der Waals surface area contributed by atoms with Crippen LogP contribution in [0.25, 0.3) is 0 Å². The molecule has 104 valence electrons. The van der Waals surface area contributed by atoms with Gasteiger partial charge in [-0.3, -0.25) is 9.00 Å². The van der Waals surface area contributed by atoms with Crippen molar-refractivity contribution < 1.29 is 13.7 Å². The summed E-state index contributed by atoms with van der Waals surface area (Å²) in [5.41, 5.74) is 12.7. The second-order valence-corrected chi connectivity index (χ2v) is 6.33. The predicted molar refractivity (Wildman–Crippen MR) is 75.1 cm³/mol. The summed E-state index contributed by atoms with van der Waals surface area (Å²) in [4.78, 5) is 11.0. The number of carbonyl (C=O) groups is 1. The molecule has 19 heavy (non-hydrogen) atoms. The predicted octanol–water partition coefficient (Wildman–Crippen LogP) is 0.795. The fourth-order valence-corrected chi connectivity index (χ4v) is 3.61. The lowest BCUT2D eigenvalue weighted by atomic mass is 10.1. The van der Waals surface area contributed by atoms with Gasteiger partial charge in [0.1, 0.15) is 0 Å². The molecule has 5 nitrogen and oxygen atoms in total. The zero-order chi connectivity index (χ0) is 13.8. The van der Waals surface area contributed by atoms with Gasteiger partial charge in [0.25, 0.3) is 0 Å². The minimum absolute atomic E-state index is 0.170. The lowest BCUT2D eigenvalue weighted by molar-refractivity contribution is 0.0991. The topological polar surface area (TPSA) is 95.4 Å². The van der Waals surface area contributed by atoms with Crippen LogP contribution in [-0.2, 0) is 21.3 Å². The fraction of sp³-hybridized carbons (Fsp3) is 0.462. The van der Waals surface area contributed by atoms with E-state index < -0.39 is 16.7 Å². The SMILES string of the molecule is NC(=O)c1ccc(CS(=O)C2CCOCC2)c(N)c1. The Kier molecular flexibility index (Phi) is 4.55. The highest BCUT2D eigenvalue weighted by atomic mass is 32.2. The molecule has 1 aliphatic heterocycles. The minimum atomic E-state index is -0.961. The molecule has 0 aromatic heterocycles. The highest BCUT2D eigenvalue weighted by Crippen LogP contribution is 2.21. The first-order valence-electron chi connectivity index (χ1n) is 6.21. The number of nitrogen functional groups attached to an aromatic ring is 1. The number of benzene rings is 1. The van der Waals surface area contributed by atoms with Crippen LogP contribution >= 0.6 is 0 Å². The van der Waals surface area contributed by atoms with Crippen LogP contribution in [0.1, 0.15) is 28.8 Å². The van der Waals surface area contributed by atoms with Crippen molar-refractivity contribution in [1.29, 1.82) is 0 Å². The summed E-state index contributed by atoms with van der Waals surface area (Å²) in [6.45, 7) is 1.35. The zero-order valence-electron chi connectivity index (χ0n) is 10.6. The van der Waals surface area contributed by atoms with Gasteiger partial charge in [0, 0.05) is 40.5 Å². The van der Waals surface area contributed by atoms with Crippen LogP contribution < -0.4 is 11.5 Å². The van der Waals surface area contributed by atoms with Gasteiger partial charge in [-0.2, -0.15) is 0 Å². The molecule has 4 N–H and O–H groups in total. The van der Waals surface area contributed by atoms with E-state index in [1.807, 2.05) is 0 Å². The van der Waals surface area contributed by atoms with Crippen molar-refractivity contribution >= 4 is 22.4 Å². The number of hydrogen-bond acceptors (Lipinski definition) is 4. The van der Waals surface area contributed by atoms with Crippen LogP contribution in [-0.4, -0.2) is 28.6 Å². The lowest BCUT2D eigenvalue weighted by Gasteiger charge is -2.21. The minimum Gasteiger partial charge on any atom is -0.398 e. The number of ether oxygens (including phenoxy) is 1. The maximum Gasteiger partial charge on any atom is 0.248 e. The van der Waals surface area contributed by atoms with Gasteiger partial charge in [0.15, 0.2) is 0 Å². The van der Waals surface area contributed by atoms with E-state index in [4.69, 9.17) is 16.2 Å². The van der Waals surface area contributed by atoms with E-state index in [9.17, 15) is 9.00 Å². The number of rotatable bonds is 4. The van der Waals surface area contributed by atoms with Gasteiger partial charge in [0.05, 0.1) is 5.75 Å². The normalized spacial score (nSPS) is 18.1. The highest BCUT2D eigenvalue weighted by Gasteiger charge is 2.21.